The van der Waals surface area contributed by atoms with Gasteiger partial charge in [-0.25, -0.2) is 0 Å². The highest BCUT2D eigenvalue weighted by atomic mass is 16.5. The van der Waals surface area contributed by atoms with Gasteiger partial charge in [0.15, 0.2) is 0 Å². The molecule has 2 aliphatic rings. The van der Waals surface area contributed by atoms with Gasteiger partial charge in [-0.3, -0.25) is 14.7 Å². The van der Waals surface area contributed by atoms with Gasteiger partial charge >= 0.3 is 0 Å². The Kier molecular flexibility index (Phi) is 4.75. The molecule has 7 nitrogen and oxygen atoms in total. The van der Waals surface area contributed by atoms with Crippen LogP contribution in [-0.4, -0.2) is 63.7 Å². The van der Waals surface area contributed by atoms with E-state index < -0.39 is 0 Å². The molecule has 0 aliphatic carbocycles. The van der Waals surface area contributed by atoms with Gasteiger partial charge in [0.25, 0.3) is 0 Å². The zero-order chi connectivity index (χ0) is 21.8. The van der Waals surface area contributed by atoms with Crippen LogP contribution in [-0.2, 0) is 23.8 Å². The van der Waals surface area contributed by atoms with Crippen molar-refractivity contribution in [2.45, 2.75) is 24.9 Å². The normalized spacial score (nSPS) is 20.0. The lowest BCUT2D eigenvalue weighted by Gasteiger charge is -2.56. The molecule has 1 fully saturated rings. The van der Waals surface area contributed by atoms with Crippen molar-refractivity contribution in [2.75, 3.05) is 33.4 Å². The Hall–Kier alpha value is -2.90. The van der Waals surface area contributed by atoms with Crippen LogP contribution in [0, 0.1) is 0 Å². The number of aliphatic hydroxyl groups is 1. The largest absolute Gasteiger partial charge is 0.497 e. The highest BCUT2D eigenvalue weighted by Gasteiger charge is 2.53. The Bertz CT molecular complexity index is 1130. The first-order chi connectivity index (χ1) is 15.0. The lowest BCUT2D eigenvalue weighted by atomic mass is 9.68. The number of amides is 1. The lowest BCUT2D eigenvalue weighted by Crippen LogP contribution is -2.66. The highest BCUT2D eigenvalue weighted by molar-refractivity contribution is 5.89. The molecule has 4 heterocycles. The van der Waals surface area contributed by atoms with Crippen molar-refractivity contribution in [3.63, 3.8) is 0 Å². The molecular formula is C24H28N4O3. The molecule has 1 spiro atoms. The van der Waals surface area contributed by atoms with Crippen LogP contribution in [0.1, 0.15) is 29.8 Å². The Morgan fingerprint density at radius 2 is 2.10 bits per heavy atom. The number of fused-ring (bicyclic) bond motifs is 4. The van der Waals surface area contributed by atoms with E-state index in [9.17, 15) is 9.90 Å². The van der Waals surface area contributed by atoms with Crippen LogP contribution in [0.4, 0.5) is 0 Å². The fourth-order valence-corrected chi connectivity index (χ4v) is 5.62. The zero-order valence-electron chi connectivity index (χ0n) is 18.2. The molecule has 1 N–H and O–H groups in total. The Morgan fingerprint density at radius 1 is 1.29 bits per heavy atom. The Labute approximate surface area is 181 Å². The van der Waals surface area contributed by atoms with Gasteiger partial charge in [0, 0.05) is 75.1 Å². The van der Waals surface area contributed by atoms with Gasteiger partial charge in [-0.05, 0) is 29.3 Å². The summed E-state index contributed by atoms with van der Waals surface area (Å²) in [5.74, 6) is 0.799. The van der Waals surface area contributed by atoms with Crippen molar-refractivity contribution in [3.05, 3.63) is 59.5 Å². The number of methoxy groups -OCH3 is 1. The summed E-state index contributed by atoms with van der Waals surface area (Å²) in [6, 6.07) is 9.88. The number of likely N-dealkylation sites (tertiary alicyclic amines) is 1. The summed E-state index contributed by atoms with van der Waals surface area (Å²) >= 11 is 0. The summed E-state index contributed by atoms with van der Waals surface area (Å²) in [4.78, 5) is 21.0. The third-order valence-corrected chi connectivity index (χ3v) is 6.91. The molecule has 0 bridgehead atoms. The van der Waals surface area contributed by atoms with E-state index in [0.717, 1.165) is 36.6 Å². The molecule has 2 aromatic heterocycles. The zero-order valence-corrected chi connectivity index (χ0v) is 18.2. The second-order valence-electron chi connectivity index (χ2n) is 8.83. The van der Waals surface area contributed by atoms with Crippen LogP contribution in [0.2, 0.25) is 0 Å². The molecule has 0 radical (unpaired) electrons. The first kappa shape index (κ1) is 20.0. The fraction of sp³-hybridized carbons (Fsp3) is 0.417. The first-order valence-corrected chi connectivity index (χ1v) is 10.6. The summed E-state index contributed by atoms with van der Waals surface area (Å²) in [6.45, 7) is 4.69. The average Bonchev–Trinajstić information content (AvgIpc) is 3.05. The Morgan fingerprint density at radius 3 is 2.74 bits per heavy atom. The van der Waals surface area contributed by atoms with E-state index in [4.69, 9.17) is 4.74 Å². The molecular weight excluding hydrogens is 392 g/mol. The minimum Gasteiger partial charge on any atom is -0.497 e. The number of hydrogen-bond acceptors (Lipinski definition) is 5. The van der Waals surface area contributed by atoms with Crippen LogP contribution in [0.3, 0.4) is 0 Å². The van der Waals surface area contributed by atoms with Crippen LogP contribution < -0.4 is 4.74 Å². The van der Waals surface area contributed by atoms with Crippen molar-refractivity contribution in [1.82, 2.24) is 19.4 Å². The summed E-state index contributed by atoms with van der Waals surface area (Å²) in [5, 5.41) is 11.4. The topological polar surface area (TPSA) is 70.8 Å². The van der Waals surface area contributed by atoms with Crippen molar-refractivity contribution in [1.29, 1.82) is 0 Å². The maximum absolute atomic E-state index is 12.6. The summed E-state index contributed by atoms with van der Waals surface area (Å²) < 4.78 is 7.59. The van der Waals surface area contributed by atoms with E-state index in [0.29, 0.717) is 6.54 Å². The van der Waals surface area contributed by atoms with Gasteiger partial charge in [-0.2, -0.15) is 0 Å². The van der Waals surface area contributed by atoms with Crippen molar-refractivity contribution in [2.24, 2.45) is 7.05 Å². The average molecular weight is 421 g/mol. The number of aliphatic hydroxyl groups excluding tert-OH is 1. The van der Waals surface area contributed by atoms with Crippen LogP contribution in [0.5, 0.6) is 5.75 Å². The van der Waals surface area contributed by atoms with E-state index in [1.165, 1.54) is 16.5 Å². The van der Waals surface area contributed by atoms with Crippen LogP contribution in [0.25, 0.3) is 10.9 Å². The van der Waals surface area contributed by atoms with Gasteiger partial charge in [0.05, 0.1) is 25.3 Å². The summed E-state index contributed by atoms with van der Waals surface area (Å²) in [6.07, 6.45) is 3.70. The third-order valence-electron chi connectivity index (χ3n) is 6.91. The molecule has 0 saturated carbocycles. The monoisotopic (exact) mass is 420 g/mol. The van der Waals surface area contributed by atoms with E-state index in [-0.39, 0.29) is 24.0 Å². The number of aromatic nitrogens is 2. The molecule has 1 atom stereocenters. The van der Waals surface area contributed by atoms with E-state index >= 15 is 0 Å². The number of carbonyl (C=O) groups excluding carboxylic acids is 1. The number of hydrogen-bond donors (Lipinski definition) is 1. The Balaban J connectivity index is 1.60. The standard InChI is InChI=1S/C24H28N4O3/c1-16(30)28-15-24(13-27(14-24)11-17-5-4-8-25-10-17)22-19-7-6-18(31-3)9-20(19)26(2)23(22)21(28)12-29/h4-10,21,29H,11-15H2,1-3H3/t21-/m0/s1. The number of pyridine rings is 1. The van der Waals surface area contributed by atoms with Crippen LogP contribution in [0.15, 0.2) is 42.7 Å². The number of ether oxygens (including phenoxy) is 1. The molecule has 0 unspecified atom stereocenters. The second-order valence-corrected chi connectivity index (χ2v) is 8.83. The summed E-state index contributed by atoms with van der Waals surface area (Å²) in [7, 11) is 3.69. The summed E-state index contributed by atoms with van der Waals surface area (Å²) in [5.41, 5.74) is 4.41. The molecule has 2 aliphatic heterocycles. The second kappa shape index (κ2) is 7.35. The molecule has 7 heteroatoms. The molecule has 31 heavy (non-hydrogen) atoms. The van der Waals surface area contributed by atoms with E-state index in [1.807, 2.05) is 36.3 Å². The minimum absolute atomic E-state index is 0.00220. The molecule has 3 aromatic rings. The van der Waals surface area contributed by atoms with Gasteiger partial charge in [-0.1, -0.05) is 6.07 Å². The number of aryl methyl sites for hydroxylation is 1. The van der Waals surface area contributed by atoms with E-state index in [1.54, 1.807) is 20.2 Å². The minimum atomic E-state index is -0.339. The number of rotatable bonds is 4. The predicted molar refractivity (Wildman–Crippen MR) is 118 cm³/mol. The van der Waals surface area contributed by atoms with Crippen molar-refractivity contribution >= 4 is 16.8 Å². The number of benzene rings is 1. The lowest BCUT2D eigenvalue weighted by molar-refractivity contribution is -0.136. The molecule has 1 amide bonds. The predicted octanol–water partition coefficient (Wildman–Crippen LogP) is 2.23. The maximum atomic E-state index is 12.6. The van der Waals surface area contributed by atoms with Crippen molar-refractivity contribution in [3.8, 4) is 5.75 Å². The maximum Gasteiger partial charge on any atom is 0.220 e. The quantitative estimate of drug-likeness (QED) is 0.701. The number of nitrogens with zero attached hydrogens (tertiary/aromatic N) is 4. The van der Waals surface area contributed by atoms with Gasteiger partial charge in [0.2, 0.25) is 5.91 Å². The van der Waals surface area contributed by atoms with Gasteiger partial charge in [0.1, 0.15) is 5.75 Å². The van der Waals surface area contributed by atoms with Crippen molar-refractivity contribution < 1.29 is 14.6 Å². The number of carbonyl (C=O) groups is 1. The van der Waals surface area contributed by atoms with Gasteiger partial charge < -0.3 is 19.3 Å². The fourth-order valence-electron chi connectivity index (χ4n) is 5.62. The van der Waals surface area contributed by atoms with Gasteiger partial charge in [-0.15, -0.1) is 0 Å². The first-order valence-electron chi connectivity index (χ1n) is 10.6. The van der Waals surface area contributed by atoms with E-state index in [2.05, 4.69) is 26.6 Å². The SMILES string of the molecule is COc1ccc2c3c(n(C)c2c1)[C@H](CO)N(C(C)=O)CC31CN(Cc2cccnc2)C1. The smallest absolute Gasteiger partial charge is 0.220 e. The van der Waals surface area contributed by atoms with Crippen LogP contribution >= 0.6 is 0 Å². The third kappa shape index (κ3) is 3.03. The molecule has 5 rings (SSSR count). The molecule has 1 saturated heterocycles. The molecule has 162 valence electrons. The highest BCUT2D eigenvalue weighted by Crippen LogP contribution is 2.49. The molecule has 1 aromatic carbocycles.